The van der Waals surface area contributed by atoms with E-state index >= 15 is 0 Å². The second-order valence-electron chi connectivity index (χ2n) is 5.45. The highest BCUT2D eigenvalue weighted by atomic mass is 16.1. The molecule has 1 fully saturated rings. The normalized spacial score (nSPS) is 18.6. The molecule has 2 heterocycles. The number of carbonyl (C=O) groups excluding carboxylic acids is 1. The summed E-state index contributed by atoms with van der Waals surface area (Å²) in [4.78, 5) is 17.3. The molecule has 0 spiro atoms. The second-order valence-corrected chi connectivity index (χ2v) is 5.45. The zero-order valence-corrected chi connectivity index (χ0v) is 11.9. The Labute approximate surface area is 124 Å². The molecule has 2 aromatic rings. The van der Waals surface area contributed by atoms with Gasteiger partial charge in [-0.15, -0.1) is 0 Å². The van der Waals surface area contributed by atoms with Crippen molar-refractivity contribution in [2.45, 2.75) is 19.0 Å². The van der Waals surface area contributed by atoms with E-state index in [0.29, 0.717) is 11.6 Å². The van der Waals surface area contributed by atoms with Crippen LogP contribution < -0.4 is 5.32 Å². The van der Waals surface area contributed by atoms with Gasteiger partial charge in [0.25, 0.3) is 0 Å². The summed E-state index contributed by atoms with van der Waals surface area (Å²) < 4.78 is 0. The van der Waals surface area contributed by atoms with E-state index in [9.17, 15) is 4.79 Å². The van der Waals surface area contributed by atoms with Crippen molar-refractivity contribution in [2.24, 2.45) is 0 Å². The van der Waals surface area contributed by atoms with Crippen LogP contribution in [0.15, 0.2) is 48.7 Å². The minimum atomic E-state index is 0.420. The number of hydrogen-bond acceptors (Lipinski definition) is 4. The van der Waals surface area contributed by atoms with Gasteiger partial charge in [-0.25, -0.2) is 4.98 Å². The summed E-state index contributed by atoms with van der Waals surface area (Å²) in [6.07, 6.45) is 3.53. The number of rotatable bonds is 5. The van der Waals surface area contributed by atoms with E-state index in [-0.39, 0.29) is 0 Å². The molecule has 1 aliphatic rings. The molecule has 1 aromatic carbocycles. The van der Waals surface area contributed by atoms with Crippen molar-refractivity contribution < 1.29 is 4.79 Å². The fraction of sp³-hybridized carbons (Fsp3) is 0.294. The van der Waals surface area contributed by atoms with Gasteiger partial charge in [0, 0.05) is 37.4 Å². The van der Waals surface area contributed by atoms with Gasteiger partial charge >= 0.3 is 0 Å². The van der Waals surface area contributed by atoms with Crippen molar-refractivity contribution in [1.82, 2.24) is 9.88 Å². The molecular weight excluding hydrogens is 262 g/mol. The standard InChI is InChI=1S/C17H19N3O/c21-13-15-6-7-17(18-10-15)19-16-8-9-20(12-16)11-14-4-2-1-3-5-14/h1-7,10,13,16H,8-9,11-12H2,(H,18,19)/t16-/m0/s1. The molecule has 4 heteroatoms. The van der Waals surface area contributed by atoms with Gasteiger partial charge < -0.3 is 5.32 Å². The van der Waals surface area contributed by atoms with Crippen LogP contribution in [0, 0.1) is 0 Å². The molecule has 1 aliphatic heterocycles. The average Bonchev–Trinajstić information content (AvgIpc) is 2.96. The maximum atomic E-state index is 10.6. The molecular formula is C17H19N3O. The van der Waals surface area contributed by atoms with E-state index in [1.54, 1.807) is 12.3 Å². The Morgan fingerprint density at radius 3 is 2.81 bits per heavy atom. The molecule has 0 aliphatic carbocycles. The number of carbonyl (C=O) groups is 1. The third-order valence-electron chi connectivity index (χ3n) is 3.80. The van der Waals surface area contributed by atoms with Gasteiger partial charge in [-0.1, -0.05) is 30.3 Å². The molecule has 0 radical (unpaired) electrons. The van der Waals surface area contributed by atoms with E-state index in [2.05, 4.69) is 39.5 Å². The first-order chi connectivity index (χ1) is 10.3. The first-order valence-electron chi connectivity index (χ1n) is 7.27. The fourth-order valence-corrected chi connectivity index (χ4v) is 2.71. The molecule has 108 valence electrons. The fourth-order valence-electron chi connectivity index (χ4n) is 2.71. The topological polar surface area (TPSA) is 45.2 Å². The second kappa shape index (κ2) is 6.50. The van der Waals surface area contributed by atoms with Crippen LogP contribution >= 0.6 is 0 Å². The van der Waals surface area contributed by atoms with Crippen molar-refractivity contribution in [3.05, 3.63) is 59.8 Å². The highest BCUT2D eigenvalue weighted by molar-refractivity contribution is 5.74. The lowest BCUT2D eigenvalue weighted by atomic mass is 10.2. The Balaban J connectivity index is 1.53. The molecule has 0 amide bonds. The molecule has 1 aromatic heterocycles. The smallest absolute Gasteiger partial charge is 0.151 e. The van der Waals surface area contributed by atoms with Gasteiger partial charge in [0.1, 0.15) is 5.82 Å². The number of benzene rings is 1. The van der Waals surface area contributed by atoms with Gasteiger partial charge in [-0.3, -0.25) is 9.69 Å². The molecule has 21 heavy (non-hydrogen) atoms. The molecule has 1 N–H and O–H groups in total. The number of aromatic nitrogens is 1. The summed E-state index contributed by atoms with van der Waals surface area (Å²) in [7, 11) is 0. The number of aldehydes is 1. The summed E-state index contributed by atoms with van der Waals surface area (Å²) in [5.74, 6) is 0.840. The molecule has 3 rings (SSSR count). The van der Waals surface area contributed by atoms with Crippen LogP contribution in [-0.2, 0) is 6.54 Å². The Morgan fingerprint density at radius 1 is 1.24 bits per heavy atom. The van der Waals surface area contributed by atoms with Gasteiger partial charge in [0.05, 0.1) is 0 Å². The van der Waals surface area contributed by atoms with Crippen molar-refractivity contribution in [3.8, 4) is 0 Å². The zero-order chi connectivity index (χ0) is 14.5. The van der Waals surface area contributed by atoms with E-state index in [1.807, 2.05) is 12.1 Å². The maximum Gasteiger partial charge on any atom is 0.151 e. The number of hydrogen-bond donors (Lipinski definition) is 1. The third kappa shape index (κ3) is 3.67. The predicted octanol–water partition coefficient (Wildman–Crippen LogP) is 2.58. The predicted molar refractivity (Wildman–Crippen MR) is 83.4 cm³/mol. The zero-order valence-electron chi connectivity index (χ0n) is 11.9. The van der Waals surface area contributed by atoms with Gasteiger partial charge in [-0.2, -0.15) is 0 Å². The lowest BCUT2D eigenvalue weighted by molar-refractivity contribution is 0.112. The average molecular weight is 281 g/mol. The maximum absolute atomic E-state index is 10.6. The van der Waals surface area contributed by atoms with Crippen LogP contribution in [0.1, 0.15) is 22.3 Å². The van der Waals surface area contributed by atoms with Crippen molar-refractivity contribution in [2.75, 3.05) is 18.4 Å². The van der Waals surface area contributed by atoms with Crippen LogP contribution in [0.5, 0.6) is 0 Å². The highest BCUT2D eigenvalue weighted by Gasteiger charge is 2.22. The van der Waals surface area contributed by atoms with Gasteiger partial charge in [0.15, 0.2) is 6.29 Å². The first-order valence-corrected chi connectivity index (χ1v) is 7.27. The molecule has 0 unspecified atom stereocenters. The summed E-state index contributed by atoms with van der Waals surface area (Å²) in [5.41, 5.74) is 1.96. The van der Waals surface area contributed by atoms with Crippen LogP contribution in [0.4, 0.5) is 5.82 Å². The van der Waals surface area contributed by atoms with Crippen LogP contribution in [-0.4, -0.2) is 35.3 Å². The Kier molecular flexibility index (Phi) is 4.26. The lowest BCUT2D eigenvalue weighted by Crippen LogP contribution is -2.26. The molecule has 4 nitrogen and oxygen atoms in total. The first kappa shape index (κ1) is 13.8. The highest BCUT2D eigenvalue weighted by Crippen LogP contribution is 2.16. The number of nitrogens with one attached hydrogen (secondary N) is 1. The molecule has 0 bridgehead atoms. The summed E-state index contributed by atoms with van der Waals surface area (Å²) in [5, 5.41) is 3.44. The summed E-state index contributed by atoms with van der Waals surface area (Å²) >= 11 is 0. The van der Waals surface area contributed by atoms with E-state index in [4.69, 9.17) is 0 Å². The van der Waals surface area contributed by atoms with Crippen molar-refractivity contribution >= 4 is 12.1 Å². The third-order valence-corrected chi connectivity index (χ3v) is 3.80. The summed E-state index contributed by atoms with van der Waals surface area (Å²) in [6, 6.07) is 14.6. The Morgan fingerprint density at radius 2 is 2.10 bits per heavy atom. The Bertz CT molecular complexity index is 583. The quantitative estimate of drug-likeness (QED) is 0.856. The number of anilines is 1. The van der Waals surface area contributed by atoms with Crippen LogP contribution in [0.25, 0.3) is 0 Å². The van der Waals surface area contributed by atoms with Crippen molar-refractivity contribution in [1.29, 1.82) is 0 Å². The molecule has 1 atom stereocenters. The minimum Gasteiger partial charge on any atom is -0.366 e. The van der Waals surface area contributed by atoms with Crippen molar-refractivity contribution in [3.63, 3.8) is 0 Å². The number of nitrogens with zero attached hydrogens (tertiary/aromatic N) is 2. The van der Waals surface area contributed by atoms with Gasteiger partial charge in [-0.05, 0) is 24.1 Å². The van der Waals surface area contributed by atoms with E-state index in [0.717, 1.165) is 38.2 Å². The van der Waals surface area contributed by atoms with E-state index in [1.165, 1.54) is 5.56 Å². The van der Waals surface area contributed by atoms with Crippen LogP contribution in [0.2, 0.25) is 0 Å². The minimum absolute atomic E-state index is 0.420. The van der Waals surface area contributed by atoms with E-state index < -0.39 is 0 Å². The monoisotopic (exact) mass is 281 g/mol. The van der Waals surface area contributed by atoms with Crippen LogP contribution in [0.3, 0.4) is 0 Å². The molecule has 0 saturated carbocycles. The Hall–Kier alpha value is -2.20. The number of pyridine rings is 1. The molecule has 1 saturated heterocycles. The summed E-state index contributed by atoms with van der Waals surface area (Å²) in [6.45, 7) is 3.11. The van der Waals surface area contributed by atoms with Gasteiger partial charge in [0.2, 0.25) is 0 Å². The largest absolute Gasteiger partial charge is 0.366 e. The lowest BCUT2D eigenvalue weighted by Gasteiger charge is -2.17. The SMILES string of the molecule is O=Cc1ccc(N[C@H]2CCN(Cc3ccccc3)C2)nc1. The number of likely N-dealkylation sites (tertiary alicyclic amines) is 1.